The molecule has 64 valence electrons. The highest BCUT2D eigenvalue weighted by atomic mass is 16.5. The molecule has 3 nitrogen and oxygen atoms in total. The van der Waals surface area contributed by atoms with Crippen LogP contribution < -0.4 is 0 Å². The van der Waals surface area contributed by atoms with Gasteiger partial charge in [-0.1, -0.05) is 13.5 Å². The summed E-state index contributed by atoms with van der Waals surface area (Å²) < 4.78 is 4.56. The van der Waals surface area contributed by atoms with Crippen molar-refractivity contribution in [2.24, 2.45) is 5.92 Å². The molecular formula is C8H15NO2. The maximum atomic E-state index is 10.9. The number of methoxy groups -OCH3 is 1. The molecule has 0 spiro atoms. The first-order chi connectivity index (χ1) is 5.11. The quantitative estimate of drug-likeness (QED) is 0.567. The number of ether oxygens (including phenoxy) is 1. The normalized spacial score (nSPS) is 11.9. The van der Waals surface area contributed by atoms with E-state index in [1.807, 2.05) is 18.9 Å². The highest BCUT2D eigenvalue weighted by molar-refractivity contribution is 5.72. The Kier molecular flexibility index (Phi) is 4.34. The molecule has 0 aromatic rings. The van der Waals surface area contributed by atoms with Crippen molar-refractivity contribution in [2.75, 3.05) is 20.7 Å². The van der Waals surface area contributed by atoms with Gasteiger partial charge in [0.1, 0.15) is 0 Å². The van der Waals surface area contributed by atoms with Gasteiger partial charge in [-0.25, -0.2) is 0 Å². The molecule has 0 radical (unpaired) electrons. The second kappa shape index (κ2) is 4.77. The molecule has 0 N–H and O–H groups in total. The summed E-state index contributed by atoms with van der Waals surface area (Å²) in [5.41, 5.74) is 0. The lowest BCUT2D eigenvalue weighted by Crippen LogP contribution is -2.25. The van der Waals surface area contributed by atoms with Gasteiger partial charge in [0, 0.05) is 13.6 Å². The minimum atomic E-state index is -0.182. The lowest BCUT2D eigenvalue weighted by Gasteiger charge is -2.16. The molecular weight excluding hydrogens is 142 g/mol. The van der Waals surface area contributed by atoms with E-state index in [9.17, 15) is 4.79 Å². The highest BCUT2D eigenvalue weighted by Gasteiger charge is 2.13. The largest absolute Gasteiger partial charge is 0.469 e. The zero-order valence-corrected chi connectivity index (χ0v) is 7.33. The predicted molar refractivity (Wildman–Crippen MR) is 44.0 cm³/mol. The van der Waals surface area contributed by atoms with Crippen molar-refractivity contribution in [1.82, 2.24) is 4.90 Å². The summed E-state index contributed by atoms with van der Waals surface area (Å²) in [6.07, 6.45) is 1.68. The third kappa shape index (κ3) is 3.65. The molecule has 0 aromatic carbocycles. The van der Waals surface area contributed by atoms with E-state index in [1.165, 1.54) is 7.11 Å². The number of carbonyl (C=O) groups excluding carboxylic acids is 1. The van der Waals surface area contributed by atoms with Gasteiger partial charge in [-0.05, 0) is 6.20 Å². The molecule has 3 heteroatoms. The molecule has 0 aromatic heterocycles. The lowest BCUT2D eigenvalue weighted by atomic mass is 10.2. The maximum Gasteiger partial charge on any atom is 0.310 e. The summed E-state index contributed by atoms with van der Waals surface area (Å²) in [5, 5.41) is 0. The van der Waals surface area contributed by atoms with Gasteiger partial charge < -0.3 is 9.64 Å². The third-order valence-corrected chi connectivity index (χ3v) is 1.48. The summed E-state index contributed by atoms with van der Waals surface area (Å²) >= 11 is 0. The first kappa shape index (κ1) is 10.0. The Balaban J connectivity index is 3.76. The summed E-state index contributed by atoms with van der Waals surface area (Å²) in [4.78, 5) is 12.7. The van der Waals surface area contributed by atoms with Gasteiger partial charge in [0.05, 0.1) is 13.0 Å². The number of carbonyl (C=O) groups is 1. The van der Waals surface area contributed by atoms with Gasteiger partial charge in [-0.3, -0.25) is 4.79 Å². The van der Waals surface area contributed by atoms with Crippen LogP contribution in [0.25, 0.3) is 0 Å². The molecule has 0 fully saturated rings. The number of rotatable bonds is 4. The Morgan fingerprint density at radius 2 is 2.36 bits per heavy atom. The zero-order chi connectivity index (χ0) is 8.85. The van der Waals surface area contributed by atoms with Crippen LogP contribution in [0.2, 0.25) is 0 Å². The van der Waals surface area contributed by atoms with E-state index in [-0.39, 0.29) is 11.9 Å². The van der Waals surface area contributed by atoms with E-state index in [4.69, 9.17) is 0 Å². The standard InChI is InChI=1S/C8H15NO2/c1-5-9(3)6-7(2)8(10)11-4/h5,7H,1,6H2,2-4H3. The van der Waals surface area contributed by atoms with Crippen LogP contribution in [0.5, 0.6) is 0 Å². The van der Waals surface area contributed by atoms with Crippen LogP contribution in [0.3, 0.4) is 0 Å². The molecule has 0 aliphatic carbocycles. The van der Waals surface area contributed by atoms with Gasteiger partial charge in [-0.2, -0.15) is 0 Å². The fourth-order valence-electron chi connectivity index (χ4n) is 0.782. The Bertz CT molecular complexity index is 145. The van der Waals surface area contributed by atoms with Crippen molar-refractivity contribution < 1.29 is 9.53 Å². The van der Waals surface area contributed by atoms with Crippen molar-refractivity contribution >= 4 is 5.97 Å². The number of hydrogen-bond acceptors (Lipinski definition) is 3. The Hall–Kier alpha value is -0.990. The molecule has 0 saturated heterocycles. The SMILES string of the molecule is C=CN(C)CC(C)C(=O)OC. The molecule has 0 saturated carbocycles. The molecule has 0 aliphatic heterocycles. The summed E-state index contributed by atoms with van der Waals surface area (Å²) in [7, 11) is 3.26. The van der Waals surface area contributed by atoms with Crippen LogP contribution in [0.4, 0.5) is 0 Å². The van der Waals surface area contributed by atoms with Gasteiger partial charge in [-0.15, -0.1) is 0 Å². The van der Waals surface area contributed by atoms with Crippen LogP contribution >= 0.6 is 0 Å². The fourth-order valence-corrected chi connectivity index (χ4v) is 0.782. The minimum Gasteiger partial charge on any atom is -0.469 e. The zero-order valence-electron chi connectivity index (χ0n) is 7.33. The fraction of sp³-hybridized carbons (Fsp3) is 0.625. The van der Waals surface area contributed by atoms with E-state index in [0.717, 1.165) is 0 Å². The first-order valence-electron chi connectivity index (χ1n) is 3.52. The summed E-state index contributed by atoms with van der Waals surface area (Å²) in [6.45, 7) is 6.05. The smallest absolute Gasteiger partial charge is 0.310 e. The van der Waals surface area contributed by atoms with Crippen LogP contribution in [0, 0.1) is 5.92 Å². The third-order valence-electron chi connectivity index (χ3n) is 1.48. The number of nitrogens with zero attached hydrogens (tertiary/aromatic N) is 1. The first-order valence-corrected chi connectivity index (χ1v) is 3.52. The topological polar surface area (TPSA) is 29.5 Å². The number of esters is 1. The summed E-state index contributed by atoms with van der Waals surface area (Å²) in [5.74, 6) is -0.276. The highest BCUT2D eigenvalue weighted by Crippen LogP contribution is 1.99. The van der Waals surface area contributed by atoms with Gasteiger partial charge in [0.2, 0.25) is 0 Å². The average Bonchev–Trinajstić information content (AvgIpc) is 2.02. The molecule has 11 heavy (non-hydrogen) atoms. The lowest BCUT2D eigenvalue weighted by molar-refractivity contribution is -0.145. The van der Waals surface area contributed by atoms with Crippen LogP contribution in [-0.4, -0.2) is 31.6 Å². The van der Waals surface area contributed by atoms with E-state index < -0.39 is 0 Å². The van der Waals surface area contributed by atoms with E-state index >= 15 is 0 Å². The molecule has 0 aliphatic rings. The van der Waals surface area contributed by atoms with E-state index in [1.54, 1.807) is 6.20 Å². The van der Waals surface area contributed by atoms with E-state index in [0.29, 0.717) is 6.54 Å². The Morgan fingerprint density at radius 1 is 1.82 bits per heavy atom. The second-order valence-electron chi connectivity index (χ2n) is 2.55. The van der Waals surface area contributed by atoms with E-state index in [2.05, 4.69) is 11.3 Å². The average molecular weight is 157 g/mol. The summed E-state index contributed by atoms with van der Waals surface area (Å²) in [6, 6.07) is 0. The second-order valence-corrected chi connectivity index (χ2v) is 2.55. The van der Waals surface area contributed by atoms with Crippen molar-refractivity contribution in [2.45, 2.75) is 6.92 Å². The molecule has 0 rings (SSSR count). The van der Waals surface area contributed by atoms with Gasteiger partial charge in [0.25, 0.3) is 0 Å². The van der Waals surface area contributed by atoms with Gasteiger partial charge in [0.15, 0.2) is 0 Å². The van der Waals surface area contributed by atoms with Crippen LogP contribution in [0.15, 0.2) is 12.8 Å². The Morgan fingerprint density at radius 3 is 2.73 bits per heavy atom. The molecule has 0 heterocycles. The predicted octanol–water partition coefficient (Wildman–Crippen LogP) is 0.871. The maximum absolute atomic E-state index is 10.9. The van der Waals surface area contributed by atoms with Crippen LogP contribution in [-0.2, 0) is 9.53 Å². The van der Waals surface area contributed by atoms with Crippen molar-refractivity contribution in [3.05, 3.63) is 12.8 Å². The molecule has 1 atom stereocenters. The molecule has 0 bridgehead atoms. The van der Waals surface area contributed by atoms with Crippen molar-refractivity contribution in [1.29, 1.82) is 0 Å². The molecule has 0 amide bonds. The van der Waals surface area contributed by atoms with Crippen LogP contribution in [0.1, 0.15) is 6.92 Å². The monoisotopic (exact) mass is 157 g/mol. The number of hydrogen-bond donors (Lipinski definition) is 0. The minimum absolute atomic E-state index is 0.0944. The molecule has 1 unspecified atom stereocenters. The van der Waals surface area contributed by atoms with Gasteiger partial charge >= 0.3 is 5.97 Å². The van der Waals surface area contributed by atoms with Crippen molar-refractivity contribution in [3.8, 4) is 0 Å². The Labute approximate surface area is 67.6 Å². The van der Waals surface area contributed by atoms with Crippen molar-refractivity contribution in [3.63, 3.8) is 0 Å².